The van der Waals surface area contributed by atoms with Crippen LogP contribution in [-0.2, 0) is 9.47 Å². The third-order valence-corrected chi connectivity index (χ3v) is 4.35. The summed E-state index contributed by atoms with van der Waals surface area (Å²) in [5, 5.41) is 5.82. The molecule has 0 aromatic carbocycles. The Bertz CT molecular complexity index is 331. The molecule has 3 nitrogen and oxygen atoms in total. The Morgan fingerprint density at radius 1 is 1.41 bits per heavy atom. The van der Waals surface area contributed by atoms with E-state index in [1.165, 1.54) is 17.7 Å². The number of hydrogen-bond acceptors (Lipinski definition) is 4. The summed E-state index contributed by atoms with van der Waals surface area (Å²) in [5.41, 5.74) is 0. The van der Waals surface area contributed by atoms with E-state index < -0.39 is 0 Å². The van der Waals surface area contributed by atoms with Gasteiger partial charge in [0.05, 0.1) is 25.9 Å². The minimum absolute atomic E-state index is 0.227. The standard InChI is InChI=1S/C13H19NO2S/c1-2-12(17-7-1)13(10-3-4-10)14-8-11-9-15-5-6-16-11/h1-2,7,10-11,13-14H,3-6,8-9H2. The van der Waals surface area contributed by atoms with E-state index in [-0.39, 0.29) is 6.10 Å². The highest BCUT2D eigenvalue weighted by molar-refractivity contribution is 7.10. The molecule has 94 valence electrons. The van der Waals surface area contributed by atoms with E-state index in [0.717, 1.165) is 32.3 Å². The van der Waals surface area contributed by atoms with Gasteiger partial charge in [-0.2, -0.15) is 0 Å². The summed E-state index contributed by atoms with van der Waals surface area (Å²) in [6, 6.07) is 4.90. The van der Waals surface area contributed by atoms with E-state index in [4.69, 9.17) is 9.47 Å². The fraction of sp³-hybridized carbons (Fsp3) is 0.692. The van der Waals surface area contributed by atoms with Crippen LogP contribution in [-0.4, -0.2) is 32.5 Å². The molecule has 4 heteroatoms. The van der Waals surface area contributed by atoms with Gasteiger partial charge in [0.15, 0.2) is 0 Å². The zero-order valence-electron chi connectivity index (χ0n) is 9.93. The van der Waals surface area contributed by atoms with Gasteiger partial charge >= 0.3 is 0 Å². The van der Waals surface area contributed by atoms with E-state index in [1.807, 2.05) is 11.3 Å². The van der Waals surface area contributed by atoms with Gasteiger partial charge in [-0.1, -0.05) is 6.07 Å². The van der Waals surface area contributed by atoms with E-state index in [9.17, 15) is 0 Å². The molecule has 1 aromatic rings. The normalized spacial score (nSPS) is 26.9. The van der Waals surface area contributed by atoms with Crippen LogP contribution in [0.2, 0.25) is 0 Å². The van der Waals surface area contributed by atoms with Gasteiger partial charge in [0.25, 0.3) is 0 Å². The molecule has 1 aliphatic carbocycles. The third kappa shape index (κ3) is 3.07. The molecule has 1 saturated heterocycles. The fourth-order valence-corrected chi connectivity index (χ4v) is 3.20. The zero-order chi connectivity index (χ0) is 11.5. The summed E-state index contributed by atoms with van der Waals surface area (Å²) in [6.07, 6.45) is 2.94. The number of thiophene rings is 1. The van der Waals surface area contributed by atoms with Crippen molar-refractivity contribution in [3.63, 3.8) is 0 Å². The summed E-state index contributed by atoms with van der Waals surface area (Å²) in [7, 11) is 0. The topological polar surface area (TPSA) is 30.5 Å². The Morgan fingerprint density at radius 2 is 2.35 bits per heavy atom. The molecule has 2 unspecified atom stereocenters. The lowest BCUT2D eigenvalue weighted by molar-refractivity contribution is -0.0872. The number of hydrogen-bond donors (Lipinski definition) is 1. The minimum Gasteiger partial charge on any atom is -0.376 e. The molecule has 2 fully saturated rings. The second-order valence-electron chi connectivity index (χ2n) is 4.81. The molecule has 1 N–H and O–H groups in total. The Morgan fingerprint density at radius 3 is 3.00 bits per heavy atom. The van der Waals surface area contributed by atoms with Crippen molar-refractivity contribution in [3.05, 3.63) is 22.4 Å². The molecule has 0 spiro atoms. The zero-order valence-corrected chi connectivity index (χ0v) is 10.7. The van der Waals surface area contributed by atoms with Crippen LogP contribution in [0.3, 0.4) is 0 Å². The summed E-state index contributed by atoms with van der Waals surface area (Å²) >= 11 is 1.85. The smallest absolute Gasteiger partial charge is 0.0933 e. The van der Waals surface area contributed by atoms with Crippen LogP contribution < -0.4 is 5.32 Å². The van der Waals surface area contributed by atoms with Crippen LogP contribution in [0.15, 0.2) is 17.5 Å². The van der Waals surface area contributed by atoms with E-state index >= 15 is 0 Å². The molecule has 0 radical (unpaired) electrons. The first kappa shape index (κ1) is 11.7. The lowest BCUT2D eigenvalue weighted by Gasteiger charge is -2.25. The maximum atomic E-state index is 5.66. The van der Waals surface area contributed by atoms with Gasteiger partial charge in [-0.3, -0.25) is 0 Å². The highest BCUT2D eigenvalue weighted by Gasteiger charge is 2.33. The molecule has 1 aromatic heterocycles. The Kier molecular flexibility index (Phi) is 3.76. The maximum absolute atomic E-state index is 5.66. The molecular formula is C13H19NO2S. The van der Waals surface area contributed by atoms with Crippen molar-refractivity contribution in [2.45, 2.75) is 25.0 Å². The SMILES string of the molecule is c1csc(C(NCC2COCCO2)C2CC2)c1. The minimum atomic E-state index is 0.227. The van der Waals surface area contributed by atoms with Crippen LogP contribution in [0, 0.1) is 5.92 Å². The summed E-state index contributed by atoms with van der Waals surface area (Å²) in [6.45, 7) is 3.11. The molecule has 2 heterocycles. The average molecular weight is 253 g/mol. The first-order valence-electron chi connectivity index (χ1n) is 6.39. The van der Waals surface area contributed by atoms with Gasteiger partial charge < -0.3 is 14.8 Å². The molecular weight excluding hydrogens is 234 g/mol. The summed E-state index contributed by atoms with van der Waals surface area (Å²) in [5.74, 6) is 0.832. The Hall–Kier alpha value is -0.420. The van der Waals surface area contributed by atoms with Crippen molar-refractivity contribution in [2.75, 3.05) is 26.4 Å². The average Bonchev–Trinajstić information content (AvgIpc) is 3.06. The van der Waals surface area contributed by atoms with Crippen LogP contribution in [0.4, 0.5) is 0 Å². The predicted molar refractivity (Wildman–Crippen MR) is 68.3 cm³/mol. The van der Waals surface area contributed by atoms with Crippen molar-refractivity contribution in [2.24, 2.45) is 5.92 Å². The van der Waals surface area contributed by atoms with Crippen LogP contribution in [0.1, 0.15) is 23.8 Å². The molecule has 17 heavy (non-hydrogen) atoms. The molecule has 0 amide bonds. The second kappa shape index (κ2) is 5.48. The molecule has 1 aliphatic heterocycles. The lowest BCUT2D eigenvalue weighted by Crippen LogP contribution is -2.39. The van der Waals surface area contributed by atoms with Gasteiger partial charge in [0.2, 0.25) is 0 Å². The van der Waals surface area contributed by atoms with Crippen molar-refractivity contribution in [3.8, 4) is 0 Å². The van der Waals surface area contributed by atoms with Gasteiger partial charge in [0, 0.05) is 17.5 Å². The second-order valence-corrected chi connectivity index (χ2v) is 5.79. The third-order valence-electron chi connectivity index (χ3n) is 3.39. The maximum Gasteiger partial charge on any atom is 0.0933 e. The molecule has 2 aliphatic rings. The van der Waals surface area contributed by atoms with Crippen molar-refractivity contribution < 1.29 is 9.47 Å². The van der Waals surface area contributed by atoms with Crippen LogP contribution >= 0.6 is 11.3 Å². The highest BCUT2D eigenvalue weighted by Crippen LogP contribution is 2.42. The monoisotopic (exact) mass is 253 g/mol. The highest BCUT2D eigenvalue weighted by atomic mass is 32.1. The number of ether oxygens (including phenoxy) is 2. The molecule has 2 atom stereocenters. The summed E-state index contributed by atoms with van der Waals surface area (Å²) in [4.78, 5) is 1.46. The Labute approximate surface area is 106 Å². The Balaban J connectivity index is 1.54. The summed E-state index contributed by atoms with van der Waals surface area (Å²) < 4.78 is 11.1. The van der Waals surface area contributed by atoms with Crippen molar-refractivity contribution in [1.29, 1.82) is 0 Å². The molecule has 1 saturated carbocycles. The largest absolute Gasteiger partial charge is 0.376 e. The molecule has 3 rings (SSSR count). The van der Waals surface area contributed by atoms with E-state index in [1.54, 1.807) is 0 Å². The predicted octanol–water partition coefficient (Wildman–Crippen LogP) is 2.20. The lowest BCUT2D eigenvalue weighted by atomic mass is 10.1. The molecule has 0 bridgehead atoms. The number of nitrogens with one attached hydrogen (secondary N) is 1. The van der Waals surface area contributed by atoms with Gasteiger partial charge in [0.1, 0.15) is 0 Å². The van der Waals surface area contributed by atoms with Gasteiger partial charge in [-0.05, 0) is 30.2 Å². The van der Waals surface area contributed by atoms with Crippen molar-refractivity contribution in [1.82, 2.24) is 5.32 Å². The number of rotatable bonds is 5. The van der Waals surface area contributed by atoms with Crippen LogP contribution in [0.25, 0.3) is 0 Å². The fourth-order valence-electron chi connectivity index (χ4n) is 2.31. The van der Waals surface area contributed by atoms with E-state index in [0.29, 0.717) is 6.04 Å². The van der Waals surface area contributed by atoms with E-state index in [2.05, 4.69) is 22.8 Å². The van der Waals surface area contributed by atoms with Gasteiger partial charge in [-0.15, -0.1) is 11.3 Å². The first-order valence-corrected chi connectivity index (χ1v) is 7.27. The van der Waals surface area contributed by atoms with Crippen molar-refractivity contribution >= 4 is 11.3 Å². The quantitative estimate of drug-likeness (QED) is 0.872. The van der Waals surface area contributed by atoms with Crippen LogP contribution in [0.5, 0.6) is 0 Å². The first-order chi connectivity index (χ1) is 8.43. The van der Waals surface area contributed by atoms with Gasteiger partial charge in [-0.25, -0.2) is 0 Å².